The van der Waals surface area contributed by atoms with E-state index >= 15 is 0 Å². The lowest BCUT2D eigenvalue weighted by Crippen LogP contribution is -2.02. The summed E-state index contributed by atoms with van der Waals surface area (Å²) < 4.78 is 1.75. The van der Waals surface area contributed by atoms with E-state index in [9.17, 15) is 4.79 Å². The summed E-state index contributed by atoms with van der Waals surface area (Å²) in [5, 5.41) is 1.68. The molecule has 0 saturated carbocycles. The lowest BCUT2D eigenvalue weighted by molar-refractivity contribution is 0.103. The number of carbonyl (C=O) groups is 1. The Kier molecular flexibility index (Phi) is 4.32. The second-order valence-electron chi connectivity index (χ2n) is 4.47. The number of aromatic nitrogens is 1. The van der Waals surface area contributed by atoms with Crippen LogP contribution in [0.1, 0.15) is 15.9 Å². The predicted molar refractivity (Wildman–Crippen MR) is 98.6 cm³/mol. The zero-order chi connectivity index (χ0) is 15.1. The Bertz CT molecular complexity index is 875. The molecule has 0 unspecified atom stereocenters. The Morgan fingerprint density at radius 2 is 1.90 bits per heavy atom. The van der Waals surface area contributed by atoms with Crippen molar-refractivity contribution in [3.05, 3.63) is 65.7 Å². The molecule has 1 N–H and O–H groups in total. The molecule has 3 rings (SSSR count). The van der Waals surface area contributed by atoms with Crippen LogP contribution in [0.25, 0.3) is 10.9 Å². The molecule has 6 heteroatoms. The number of rotatable bonds is 2. The number of halogens is 4. The van der Waals surface area contributed by atoms with Gasteiger partial charge in [-0.05, 0) is 52.9 Å². The van der Waals surface area contributed by atoms with Gasteiger partial charge in [0, 0.05) is 41.3 Å². The lowest BCUT2D eigenvalue weighted by Gasteiger charge is -2.05. The summed E-state index contributed by atoms with van der Waals surface area (Å²) in [7, 11) is 0. The maximum atomic E-state index is 12.8. The van der Waals surface area contributed by atoms with Gasteiger partial charge in [-0.15, -0.1) is 0 Å². The van der Waals surface area contributed by atoms with Crippen molar-refractivity contribution >= 4 is 78.4 Å². The highest BCUT2D eigenvalue weighted by atomic mass is 127. The summed E-state index contributed by atoms with van der Waals surface area (Å²) in [6.07, 6.45) is 1.67. The monoisotopic (exact) mass is 493 g/mol. The third-order valence-electron chi connectivity index (χ3n) is 3.11. The topological polar surface area (TPSA) is 32.9 Å². The second kappa shape index (κ2) is 5.91. The van der Waals surface area contributed by atoms with Gasteiger partial charge in [0.15, 0.2) is 5.78 Å². The zero-order valence-electron chi connectivity index (χ0n) is 10.4. The molecule has 0 aliphatic carbocycles. The van der Waals surface area contributed by atoms with E-state index in [2.05, 4.69) is 43.5 Å². The van der Waals surface area contributed by atoms with Crippen LogP contribution in [-0.2, 0) is 0 Å². The number of carbonyl (C=O) groups excluding carboxylic acids is 1. The van der Waals surface area contributed by atoms with Gasteiger partial charge >= 0.3 is 0 Å². The number of aromatic amines is 1. The molecule has 106 valence electrons. The van der Waals surface area contributed by atoms with Crippen LogP contribution in [0, 0.1) is 3.57 Å². The van der Waals surface area contributed by atoms with Gasteiger partial charge in [-0.25, -0.2) is 0 Å². The smallest absolute Gasteiger partial charge is 0.196 e. The standard InChI is InChI=1S/C15H7BrCl2INO/c16-11-2-1-8(19)5-9(11)15(21)10-6-20-13-4-7(17)3-12(18)14(10)13/h1-6,20H. The molecule has 1 heterocycles. The van der Waals surface area contributed by atoms with Gasteiger partial charge in [0.2, 0.25) is 0 Å². The van der Waals surface area contributed by atoms with Crippen LogP contribution in [-0.4, -0.2) is 10.8 Å². The van der Waals surface area contributed by atoms with Crippen molar-refractivity contribution in [1.82, 2.24) is 4.98 Å². The predicted octanol–water partition coefficient (Wildman–Crippen LogP) is 6.07. The van der Waals surface area contributed by atoms with E-state index in [4.69, 9.17) is 23.2 Å². The number of ketones is 1. The fourth-order valence-electron chi connectivity index (χ4n) is 2.18. The van der Waals surface area contributed by atoms with E-state index in [1.807, 2.05) is 18.2 Å². The molecular formula is C15H7BrCl2INO. The molecule has 21 heavy (non-hydrogen) atoms. The molecule has 0 atom stereocenters. The van der Waals surface area contributed by atoms with E-state index in [1.165, 1.54) is 0 Å². The van der Waals surface area contributed by atoms with Crippen molar-refractivity contribution < 1.29 is 4.79 Å². The first-order valence-corrected chi connectivity index (χ1v) is 8.56. The SMILES string of the molecule is O=C(c1cc(I)ccc1Br)c1c[nH]c2cc(Cl)cc(Cl)c12. The Morgan fingerprint density at radius 3 is 2.67 bits per heavy atom. The molecule has 2 nitrogen and oxygen atoms in total. The van der Waals surface area contributed by atoms with Gasteiger partial charge in [-0.1, -0.05) is 39.1 Å². The molecule has 0 saturated heterocycles. The highest BCUT2D eigenvalue weighted by molar-refractivity contribution is 14.1. The van der Waals surface area contributed by atoms with Crippen LogP contribution in [0.4, 0.5) is 0 Å². The maximum absolute atomic E-state index is 12.8. The minimum atomic E-state index is -0.0872. The lowest BCUT2D eigenvalue weighted by atomic mass is 10.0. The van der Waals surface area contributed by atoms with Crippen molar-refractivity contribution in [2.45, 2.75) is 0 Å². The Morgan fingerprint density at radius 1 is 1.14 bits per heavy atom. The Labute approximate surface area is 153 Å². The quantitative estimate of drug-likeness (QED) is 0.340. The summed E-state index contributed by atoms with van der Waals surface area (Å²) in [4.78, 5) is 15.8. The summed E-state index contributed by atoms with van der Waals surface area (Å²) in [6, 6.07) is 9.03. The maximum Gasteiger partial charge on any atom is 0.196 e. The highest BCUT2D eigenvalue weighted by Gasteiger charge is 2.19. The largest absolute Gasteiger partial charge is 0.360 e. The van der Waals surface area contributed by atoms with E-state index < -0.39 is 0 Å². The summed E-state index contributed by atoms with van der Waals surface area (Å²) in [5.74, 6) is -0.0872. The molecule has 3 aromatic rings. The minimum absolute atomic E-state index is 0.0872. The second-order valence-corrected chi connectivity index (χ2v) is 7.41. The molecule has 0 aliphatic rings. The molecule has 0 amide bonds. The Balaban J connectivity index is 2.21. The molecule has 1 aromatic heterocycles. The van der Waals surface area contributed by atoms with Crippen LogP contribution in [0.5, 0.6) is 0 Å². The number of fused-ring (bicyclic) bond motifs is 1. The van der Waals surface area contributed by atoms with Crippen LogP contribution in [0.15, 0.2) is 41.0 Å². The van der Waals surface area contributed by atoms with Crippen molar-refractivity contribution in [2.75, 3.05) is 0 Å². The third kappa shape index (κ3) is 2.86. The van der Waals surface area contributed by atoms with E-state index in [1.54, 1.807) is 18.3 Å². The molecular weight excluding hydrogens is 488 g/mol. The van der Waals surface area contributed by atoms with Crippen molar-refractivity contribution in [3.63, 3.8) is 0 Å². The average molecular weight is 495 g/mol. The van der Waals surface area contributed by atoms with Crippen LogP contribution in [0.2, 0.25) is 10.0 Å². The summed E-state index contributed by atoms with van der Waals surface area (Å²) >= 11 is 17.8. The van der Waals surface area contributed by atoms with E-state index in [-0.39, 0.29) is 5.78 Å². The molecule has 0 aliphatic heterocycles. The molecule has 0 fully saturated rings. The van der Waals surface area contributed by atoms with Crippen molar-refractivity contribution in [2.24, 2.45) is 0 Å². The number of benzene rings is 2. The van der Waals surface area contributed by atoms with Crippen molar-refractivity contribution in [1.29, 1.82) is 0 Å². The summed E-state index contributed by atoms with van der Waals surface area (Å²) in [6.45, 7) is 0. The molecule has 0 bridgehead atoms. The number of hydrogen-bond donors (Lipinski definition) is 1. The first kappa shape index (κ1) is 15.3. The molecule has 0 spiro atoms. The van der Waals surface area contributed by atoms with Crippen LogP contribution < -0.4 is 0 Å². The van der Waals surface area contributed by atoms with Gasteiger partial charge < -0.3 is 4.98 Å². The number of H-pyrrole nitrogens is 1. The first-order chi connectivity index (χ1) is 9.97. The van der Waals surface area contributed by atoms with Gasteiger partial charge in [-0.2, -0.15) is 0 Å². The minimum Gasteiger partial charge on any atom is -0.360 e. The van der Waals surface area contributed by atoms with Gasteiger partial charge in [0.1, 0.15) is 0 Å². The molecule has 0 radical (unpaired) electrons. The fourth-order valence-corrected chi connectivity index (χ4v) is 3.69. The highest BCUT2D eigenvalue weighted by Crippen LogP contribution is 2.32. The number of hydrogen-bond acceptors (Lipinski definition) is 1. The summed E-state index contributed by atoms with van der Waals surface area (Å²) in [5.41, 5.74) is 1.89. The first-order valence-electron chi connectivity index (χ1n) is 5.93. The van der Waals surface area contributed by atoms with E-state index in [0.717, 1.165) is 13.6 Å². The van der Waals surface area contributed by atoms with Crippen LogP contribution >= 0.6 is 61.7 Å². The van der Waals surface area contributed by atoms with Gasteiger partial charge in [-0.3, -0.25) is 4.79 Å². The molecule has 2 aromatic carbocycles. The Hall–Kier alpha value is -0.560. The van der Waals surface area contributed by atoms with Crippen LogP contribution in [0.3, 0.4) is 0 Å². The fraction of sp³-hybridized carbons (Fsp3) is 0. The zero-order valence-corrected chi connectivity index (χ0v) is 15.6. The average Bonchev–Trinajstić information content (AvgIpc) is 2.84. The van der Waals surface area contributed by atoms with Gasteiger partial charge in [0.25, 0.3) is 0 Å². The van der Waals surface area contributed by atoms with Crippen molar-refractivity contribution in [3.8, 4) is 0 Å². The number of nitrogens with one attached hydrogen (secondary N) is 1. The van der Waals surface area contributed by atoms with E-state index in [0.29, 0.717) is 26.6 Å². The third-order valence-corrected chi connectivity index (χ3v) is 4.99. The normalized spacial score (nSPS) is 11.0. The van der Waals surface area contributed by atoms with Gasteiger partial charge in [0.05, 0.1) is 5.02 Å².